The van der Waals surface area contributed by atoms with E-state index in [1.165, 1.54) is 0 Å². The predicted octanol–water partition coefficient (Wildman–Crippen LogP) is 4.25. The average molecular weight is 334 g/mol. The SMILES string of the molecule is CCOC1Oc2ccccc2-c2nc(-c3ccc(OC)cc3)ncc21. The molecule has 25 heavy (non-hydrogen) atoms. The number of rotatable bonds is 4. The van der Waals surface area contributed by atoms with Gasteiger partial charge < -0.3 is 14.2 Å². The third kappa shape index (κ3) is 2.83. The second kappa shape index (κ2) is 6.53. The summed E-state index contributed by atoms with van der Waals surface area (Å²) in [6.45, 7) is 2.49. The van der Waals surface area contributed by atoms with E-state index in [4.69, 9.17) is 19.2 Å². The van der Waals surface area contributed by atoms with Crippen molar-refractivity contribution in [1.29, 1.82) is 0 Å². The first-order valence-corrected chi connectivity index (χ1v) is 8.19. The van der Waals surface area contributed by atoms with Crippen molar-refractivity contribution in [2.24, 2.45) is 0 Å². The molecule has 5 nitrogen and oxygen atoms in total. The Morgan fingerprint density at radius 3 is 2.64 bits per heavy atom. The summed E-state index contributed by atoms with van der Waals surface area (Å²) in [4.78, 5) is 9.31. The molecule has 1 aliphatic rings. The Kier molecular flexibility index (Phi) is 4.07. The molecule has 1 aliphatic heterocycles. The first-order valence-electron chi connectivity index (χ1n) is 8.19. The molecule has 0 fully saturated rings. The molecular formula is C20H18N2O3. The van der Waals surface area contributed by atoms with E-state index in [1.807, 2.05) is 55.5 Å². The van der Waals surface area contributed by atoms with Gasteiger partial charge in [-0.25, -0.2) is 9.97 Å². The van der Waals surface area contributed by atoms with E-state index in [9.17, 15) is 0 Å². The van der Waals surface area contributed by atoms with Crippen molar-refractivity contribution in [3.8, 4) is 34.1 Å². The summed E-state index contributed by atoms with van der Waals surface area (Å²) < 4.78 is 16.9. The maximum Gasteiger partial charge on any atom is 0.230 e. The molecule has 4 rings (SSSR count). The van der Waals surface area contributed by atoms with Crippen LogP contribution in [0.4, 0.5) is 0 Å². The van der Waals surface area contributed by atoms with Gasteiger partial charge in [-0.15, -0.1) is 0 Å². The van der Waals surface area contributed by atoms with Crippen LogP contribution >= 0.6 is 0 Å². The van der Waals surface area contributed by atoms with Gasteiger partial charge in [0.1, 0.15) is 11.5 Å². The zero-order valence-corrected chi connectivity index (χ0v) is 14.1. The molecular weight excluding hydrogens is 316 g/mol. The number of para-hydroxylation sites is 1. The van der Waals surface area contributed by atoms with Crippen molar-refractivity contribution in [2.45, 2.75) is 13.2 Å². The average Bonchev–Trinajstić information content (AvgIpc) is 2.68. The lowest BCUT2D eigenvalue weighted by molar-refractivity contribution is -0.0805. The van der Waals surface area contributed by atoms with Gasteiger partial charge in [0.25, 0.3) is 0 Å². The highest BCUT2D eigenvalue weighted by Crippen LogP contribution is 2.41. The summed E-state index contributed by atoms with van der Waals surface area (Å²) in [7, 11) is 1.65. The number of methoxy groups -OCH3 is 1. The van der Waals surface area contributed by atoms with E-state index in [1.54, 1.807) is 13.3 Å². The minimum absolute atomic E-state index is 0.486. The van der Waals surface area contributed by atoms with E-state index in [0.29, 0.717) is 12.4 Å². The van der Waals surface area contributed by atoms with Gasteiger partial charge in [0.05, 0.1) is 18.4 Å². The molecule has 1 atom stereocenters. The van der Waals surface area contributed by atoms with Crippen molar-refractivity contribution in [3.05, 3.63) is 60.3 Å². The van der Waals surface area contributed by atoms with Crippen LogP contribution in [0.5, 0.6) is 11.5 Å². The summed E-state index contributed by atoms with van der Waals surface area (Å²) in [5.74, 6) is 2.23. The number of nitrogens with zero attached hydrogens (tertiary/aromatic N) is 2. The van der Waals surface area contributed by atoms with E-state index in [0.717, 1.165) is 33.9 Å². The molecule has 2 heterocycles. The Morgan fingerprint density at radius 2 is 1.88 bits per heavy atom. The summed E-state index contributed by atoms with van der Waals surface area (Å²) >= 11 is 0. The summed E-state index contributed by atoms with van der Waals surface area (Å²) in [6, 6.07) is 15.6. The summed E-state index contributed by atoms with van der Waals surface area (Å²) in [6.07, 6.45) is 1.30. The molecule has 0 N–H and O–H groups in total. The van der Waals surface area contributed by atoms with Crippen molar-refractivity contribution in [3.63, 3.8) is 0 Å². The number of fused-ring (bicyclic) bond motifs is 3. The number of aromatic nitrogens is 2. The largest absolute Gasteiger partial charge is 0.497 e. The fraction of sp³-hybridized carbons (Fsp3) is 0.200. The highest BCUT2D eigenvalue weighted by Gasteiger charge is 2.28. The van der Waals surface area contributed by atoms with E-state index in [2.05, 4.69) is 4.98 Å². The van der Waals surface area contributed by atoms with Crippen molar-refractivity contribution >= 4 is 0 Å². The molecule has 2 aromatic carbocycles. The van der Waals surface area contributed by atoms with Crippen molar-refractivity contribution in [2.75, 3.05) is 13.7 Å². The van der Waals surface area contributed by atoms with Crippen LogP contribution in [0.2, 0.25) is 0 Å². The lowest BCUT2D eigenvalue weighted by atomic mass is 10.0. The maximum atomic E-state index is 5.96. The molecule has 0 bridgehead atoms. The fourth-order valence-electron chi connectivity index (χ4n) is 2.88. The van der Waals surface area contributed by atoms with Gasteiger partial charge in [-0.2, -0.15) is 0 Å². The minimum atomic E-state index is -0.486. The highest BCUT2D eigenvalue weighted by atomic mass is 16.7. The number of benzene rings is 2. The number of hydrogen-bond donors (Lipinski definition) is 0. The molecule has 5 heteroatoms. The van der Waals surface area contributed by atoms with Crippen LogP contribution in [0.1, 0.15) is 18.8 Å². The molecule has 0 aliphatic carbocycles. The molecule has 1 unspecified atom stereocenters. The molecule has 0 amide bonds. The van der Waals surface area contributed by atoms with Crippen LogP contribution in [0.3, 0.4) is 0 Å². The van der Waals surface area contributed by atoms with Crippen LogP contribution in [0.25, 0.3) is 22.6 Å². The van der Waals surface area contributed by atoms with Gasteiger partial charge in [0.2, 0.25) is 6.29 Å². The monoisotopic (exact) mass is 334 g/mol. The van der Waals surface area contributed by atoms with Gasteiger partial charge in [0, 0.05) is 23.9 Å². The topological polar surface area (TPSA) is 53.5 Å². The second-order valence-electron chi connectivity index (χ2n) is 5.63. The van der Waals surface area contributed by atoms with Crippen LogP contribution < -0.4 is 9.47 Å². The molecule has 0 spiro atoms. The molecule has 3 aromatic rings. The third-order valence-corrected chi connectivity index (χ3v) is 4.11. The normalized spacial score (nSPS) is 15.0. The van der Waals surface area contributed by atoms with E-state index < -0.39 is 6.29 Å². The summed E-state index contributed by atoms with van der Waals surface area (Å²) in [5, 5.41) is 0. The van der Waals surface area contributed by atoms with Gasteiger partial charge >= 0.3 is 0 Å². The van der Waals surface area contributed by atoms with Crippen LogP contribution in [0.15, 0.2) is 54.7 Å². The Balaban J connectivity index is 1.82. The number of hydrogen-bond acceptors (Lipinski definition) is 5. The second-order valence-corrected chi connectivity index (χ2v) is 5.63. The van der Waals surface area contributed by atoms with Crippen molar-refractivity contribution < 1.29 is 14.2 Å². The zero-order chi connectivity index (χ0) is 17.2. The third-order valence-electron chi connectivity index (χ3n) is 4.11. The molecule has 0 saturated carbocycles. The lowest BCUT2D eigenvalue weighted by Gasteiger charge is -2.27. The quantitative estimate of drug-likeness (QED) is 0.714. The molecule has 126 valence electrons. The van der Waals surface area contributed by atoms with Crippen LogP contribution in [0, 0.1) is 0 Å². The van der Waals surface area contributed by atoms with Gasteiger partial charge in [-0.05, 0) is 43.3 Å². The van der Waals surface area contributed by atoms with Crippen LogP contribution in [-0.4, -0.2) is 23.7 Å². The number of ether oxygens (including phenoxy) is 3. The zero-order valence-electron chi connectivity index (χ0n) is 14.1. The van der Waals surface area contributed by atoms with Gasteiger partial charge in [-0.3, -0.25) is 0 Å². The first-order chi connectivity index (χ1) is 12.3. The van der Waals surface area contributed by atoms with Crippen LogP contribution in [-0.2, 0) is 4.74 Å². The van der Waals surface area contributed by atoms with Crippen molar-refractivity contribution in [1.82, 2.24) is 9.97 Å². The Labute approximate surface area is 146 Å². The van der Waals surface area contributed by atoms with E-state index in [-0.39, 0.29) is 0 Å². The first kappa shape index (κ1) is 15.6. The Morgan fingerprint density at radius 1 is 1.08 bits per heavy atom. The standard InChI is InChI=1S/C20H18N2O3/c1-3-24-20-16-12-21-19(13-8-10-14(23-2)11-9-13)22-18(16)15-6-4-5-7-17(15)25-20/h4-12,20H,3H2,1-2H3. The summed E-state index contributed by atoms with van der Waals surface area (Å²) in [5.41, 5.74) is 3.57. The maximum absolute atomic E-state index is 5.96. The Bertz CT molecular complexity index is 894. The smallest absolute Gasteiger partial charge is 0.230 e. The Hall–Kier alpha value is -2.92. The molecule has 1 aromatic heterocycles. The lowest BCUT2D eigenvalue weighted by Crippen LogP contribution is -2.18. The van der Waals surface area contributed by atoms with Gasteiger partial charge in [-0.1, -0.05) is 12.1 Å². The van der Waals surface area contributed by atoms with E-state index >= 15 is 0 Å². The minimum Gasteiger partial charge on any atom is -0.497 e. The van der Waals surface area contributed by atoms with Gasteiger partial charge in [0.15, 0.2) is 5.82 Å². The molecule has 0 saturated heterocycles. The molecule has 0 radical (unpaired) electrons. The highest BCUT2D eigenvalue weighted by molar-refractivity contribution is 5.73. The predicted molar refractivity (Wildman–Crippen MR) is 94.5 cm³/mol. The fourth-order valence-corrected chi connectivity index (χ4v) is 2.88.